The van der Waals surface area contributed by atoms with E-state index in [-0.39, 0.29) is 17.5 Å². The van der Waals surface area contributed by atoms with E-state index in [0.717, 1.165) is 16.8 Å². The molecule has 0 saturated carbocycles. The first-order chi connectivity index (χ1) is 19.6. The van der Waals surface area contributed by atoms with Crippen LogP contribution in [0.15, 0.2) is 109 Å². The summed E-state index contributed by atoms with van der Waals surface area (Å²) >= 11 is 0. The number of carbonyl (C=O) groups excluding carboxylic acids is 3. The molecular weight excluding hydrogens is 500 g/mol. The molecule has 0 aliphatic carbocycles. The zero-order valence-corrected chi connectivity index (χ0v) is 21.8. The van der Waals surface area contributed by atoms with Crippen LogP contribution in [0.5, 0.6) is 5.75 Å². The van der Waals surface area contributed by atoms with E-state index in [1.54, 1.807) is 55.6 Å². The Morgan fingerprint density at radius 3 is 2.25 bits per heavy atom. The molecule has 4 aromatic rings. The summed E-state index contributed by atoms with van der Waals surface area (Å²) in [6, 6.07) is 29.7. The summed E-state index contributed by atoms with van der Waals surface area (Å²) in [6.07, 6.45) is 3.98. The molecule has 1 spiro atoms. The van der Waals surface area contributed by atoms with Crippen LogP contribution in [0.3, 0.4) is 0 Å². The number of nitrogens with one attached hydrogen (secondary N) is 1. The Kier molecular flexibility index (Phi) is 5.46. The molecule has 40 heavy (non-hydrogen) atoms. The van der Waals surface area contributed by atoms with Crippen LogP contribution in [-0.4, -0.2) is 36.7 Å². The van der Waals surface area contributed by atoms with Gasteiger partial charge in [0.25, 0.3) is 0 Å². The van der Waals surface area contributed by atoms with Crippen molar-refractivity contribution in [1.82, 2.24) is 0 Å². The molecule has 196 valence electrons. The van der Waals surface area contributed by atoms with Gasteiger partial charge in [-0.25, -0.2) is 0 Å². The average molecular weight is 527 g/mol. The van der Waals surface area contributed by atoms with Gasteiger partial charge in [-0.1, -0.05) is 78.9 Å². The van der Waals surface area contributed by atoms with Gasteiger partial charge in [0, 0.05) is 22.5 Å². The minimum absolute atomic E-state index is 0.221. The number of para-hydroxylation sites is 2. The number of anilines is 2. The van der Waals surface area contributed by atoms with Crippen LogP contribution in [0.4, 0.5) is 11.4 Å². The molecule has 3 heterocycles. The number of amides is 1. The van der Waals surface area contributed by atoms with E-state index in [9.17, 15) is 14.4 Å². The average Bonchev–Trinajstić information content (AvgIpc) is 3.49. The molecule has 0 bridgehead atoms. The van der Waals surface area contributed by atoms with Crippen molar-refractivity contribution in [3.8, 4) is 5.75 Å². The highest BCUT2D eigenvalue weighted by Gasteiger charge is 2.70. The number of fused-ring (bicyclic) bond motifs is 6. The highest BCUT2D eigenvalue weighted by atomic mass is 16.5. The molecule has 4 unspecified atom stereocenters. The summed E-state index contributed by atoms with van der Waals surface area (Å²) in [5.41, 5.74) is 2.75. The molecule has 3 aliphatic heterocycles. The summed E-state index contributed by atoms with van der Waals surface area (Å²) in [4.78, 5) is 45.6. The third-order valence-electron chi connectivity index (χ3n) is 8.53. The van der Waals surface area contributed by atoms with Crippen molar-refractivity contribution in [3.05, 3.63) is 131 Å². The van der Waals surface area contributed by atoms with E-state index >= 15 is 0 Å². The number of benzene rings is 4. The highest BCUT2D eigenvalue weighted by Crippen LogP contribution is 2.58. The fourth-order valence-electron chi connectivity index (χ4n) is 6.83. The molecule has 6 heteroatoms. The molecule has 3 aliphatic rings. The topological polar surface area (TPSA) is 75.7 Å². The molecule has 0 radical (unpaired) electrons. The number of rotatable bonds is 5. The first kappa shape index (κ1) is 24.1. The predicted molar refractivity (Wildman–Crippen MR) is 154 cm³/mol. The molecule has 1 amide bonds. The summed E-state index contributed by atoms with van der Waals surface area (Å²) in [5, 5.41) is 3.06. The lowest BCUT2D eigenvalue weighted by atomic mass is 9.64. The van der Waals surface area contributed by atoms with Crippen molar-refractivity contribution in [3.63, 3.8) is 0 Å². The molecule has 1 N–H and O–H groups in total. The van der Waals surface area contributed by atoms with Crippen LogP contribution in [0.1, 0.15) is 31.8 Å². The maximum Gasteiger partial charge on any atom is 0.238 e. The number of hydrogen-bond acceptors (Lipinski definition) is 5. The van der Waals surface area contributed by atoms with Gasteiger partial charge in [-0.2, -0.15) is 0 Å². The zero-order valence-electron chi connectivity index (χ0n) is 21.8. The molecule has 1 fully saturated rings. The number of Topliss-reactive ketones (excluding diaryl/α,β-unsaturated/α-hetero) is 2. The van der Waals surface area contributed by atoms with Gasteiger partial charge in [-0.3, -0.25) is 14.4 Å². The largest absolute Gasteiger partial charge is 0.497 e. The van der Waals surface area contributed by atoms with E-state index < -0.39 is 23.4 Å². The van der Waals surface area contributed by atoms with E-state index in [0.29, 0.717) is 22.6 Å². The number of nitrogens with zero attached hydrogens (tertiary/aromatic N) is 1. The quantitative estimate of drug-likeness (QED) is 0.345. The van der Waals surface area contributed by atoms with Crippen molar-refractivity contribution in [1.29, 1.82) is 0 Å². The monoisotopic (exact) mass is 526 g/mol. The van der Waals surface area contributed by atoms with Crippen LogP contribution in [0.2, 0.25) is 0 Å². The maximum absolute atomic E-state index is 14.7. The van der Waals surface area contributed by atoms with Gasteiger partial charge in [0.15, 0.2) is 11.6 Å². The lowest BCUT2D eigenvalue weighted by Gasteiger charge is -2.37. The fraction of sp³-hybridized carbons (Fsp3) is 0.147. The van der Waals surface area contributed by atoms with Crippen LogP contribution < -0.4 is 15.0 Å². The van der Waals surface area contributed by atoms with Crippen LogP contribution in [-0.2, 0) is 10.2 Å². The second-order valence-corrected chi connectivity index (χ2v) is 10.4. The maximum atomic E-state index is 14.7. The van der Waals surface area contributed by atoms with Crippen molar-refractivity contribution < 1.29 is 19.1 Å². The highest BCUT2D eigenvalue weighted by molar-refractivity contribution is 6.18. The van der Waals surface area contributed by atoms with E-state index in [1.807, 2.05) is 71.6 Å². The minimum Gasteiger partial charge on any atom is -0.497 e. The van der Waals surface area contributed by atoms with Gasteiger partial charge >= 0.3 is 0 Å². The lowest BCUT2D eigenvalue weighted by Crippen LogP contribution is -2.51. The normalized spacial score (nSPS) is 23.8. The predicted octanol–water partition coefficient (Wildman–Crippen LogP) is 5.55. The Labute approximate surface area is 231 Å². The van der Waals surface area contributed by atoms with Gasteiger partial charge in [0.2, 0.25) is 5.91 Å². The van der Waals surface area contributed by atoms with Crippen LogP contribution in [0.25, 0.3) is 6.08 Å². The van der Waals surface area contributed by atoms with Gasteiger partial charge in [0.05, 0.1) is 19.1 Å². The van der Waals surface area contributed by atoms with Crippen molar-refractivity contribution in [2.75, 3.05) is 17.3 Å². The standard InChI is InChI=1S/C34H26N2O4/c1-40-24-18-15-23(16-19-24)32(38)30-29(31(37)22-10-3-2-4-11-22)34(25-12-6-7-13-26(25)35-33(34)39)28-20-17-21-9-5-8-14-27(21)36(28)30/h2-20,28-30H,1H3,(H,35,39). The van der Waals surface area contributed by atoms with E-state index in [2.05, 4.69) is 5.32 Å². The third kappa shape index (κ3) is 3.26. The van der Waals surface area contributed by atoms with Crippen molar-refractivity contribution in [2.45, 2.75) is 17.5 Å². The van der Waals surface area contributed by atoms with Gasteiger partial charge in [-0.05, 0) is 47.5 Å². The summed E-state index contributed by atoms with van der Waals surface area (Å²) in [6.45, 7) is 0. The Balaban J connectivity index is 1.52. The van der Waals surface area contributed by atoms with Crippen LogP contribution >= 0.6 is 0 Å². The Bertz CT molecular complexity index is 1690. The second kappa shape index (κ2) is 9.06. The second-order valence-electron chi connectivity index (χ2n) is 10.4. The fourth-order valence-corrected chi connectivity index (χ4v) is 6.83. The molecule has 1 saturated heterocycles. The molecule has 7 rings (SSSR count). The zero-order chi connectivity index (χ0) is 27.4. The van der Waals surface area contributed by atoms with E-state index in [1.165, 1.54) is 0 Å². The number of carbonyl (C=O) groups is 3. The number of methoxy groups -OCH3 is 1. The number of ketones is 2. The molecule has 4 atom stereocenters. The molecule has 0 aromatic heterocycles. The molecule has 6 nitrogen and oxygen atoms in total. The van der Waals surface area contributed by atoms with Gasteiger partial charge < -0.3 is 15.0 Å². The first-order valence-corrected chi connectivity index (χ1v) is 13.3. The van der Waals surface area contributed by atoms with Crippen molar-refractivity contribution in [2.24, 2.45) is 5.92 Å². The third-order valence-corrected chi connectivity index (χ3v) is 8.53. The first-order valence-electron chi connectivity index (χ1n) is 13.3. The molecule has 4 aromatic carbocycles. The van der Waals surface area contributed by atoms with Crippen molar-refractivity contribution >= 4 is 34.9 Å². The lowest BCUT2D eigenvalue weighted by molar-refractivity contribution is -0.121. The SMILES string of the molecule is COc1ccc(C(=O)C2C(C(=O)c3ccccc3)C3(C(=O)Nc4ccccc43)C3C=Cc4ccccc4N23)cc1. The van der Waals surface area contributed by atoms with Crippen LogP contribution in [0, 0.1) is 5.92 Å². The number of ether oxygens (including phenoxy) is 1. The molecular formula is C34H26N2O4. The Morgan fingerprint density at radius 1 is 0.800 bits per heavy atom. The Hall–Kier alpha value is -4.97. The number of hydrogen-bond donors (Lipinski definition) is 1. The smallest absolute Gasteiger partial charge is 0.238 e. The summed E-state index contributed by atoms with van der Waals surface area (Å²) in [7, 11) is 1.57. The van der Waals surface area contributed by atoms with Gasteiger partial charge in [-0.15, -0.1) is 0 Å². The minimum atomic E-state index is -1.32. The van der Waals surface area contributed by atoms with E-state index in [4.69, 9.17) is 4.74 Å². The Morgan fingerprint density at radius 2 is 1.48 bits per heavy atom. The summed E-state index contributed by atoms with van der Waals surface area (Å²) < 4.78 is 5.32. The van der Waals surface area contributed by atoms with Gasteiger partial charge in [0.1, 0.15) is 17.2 Å². The summed E-state index contributed by atoms with van der Waals surface area (Å²) in [5.74, 6) is -1.09.